The molecule has 0 radical (unpaired) electrons. The topological polar surface area (TPSA) is 16.1 Å². The van der Waals surface area contributed by atoms with Gasteiger partial charge in [0.05, 0.1) is 6.54 Å². The van der Waals surface area contributed by atoms with Gasteiger partial charge in [-0.05, 0) is 15.9 Å². The Morgan fingerprint density at radius 2 is 2.38 bits per heavy atom. The van der Waals surface area contributed by atoms with Crippen LogP contribution in [0.25, 0.3) is 0 Å². The minimum absolute atomic E-state index is 0.0653. The maximum absolute atomic E-state index is 12.8. The predicted octanol–water partition coefficient (Wildman–Crippen LogP) is 2.75. The van der Waals surface area contributed by atoms with Gasteiger partial charge in [0.1, 0.15) is 4.60 Å². The average Bonchev–Trinajstić information content (AvgIpc) is 2.56. The third-order valence-corrected chi connectivity index (χ3v) is 3.51. The van der Waals surface area contributed by atoms with E-state index in [9.17, 15) is 8.78 Å². The van der Waals surface area contributed by atoms with Gasteiger partial charge in [-0.15, -0.1) is 11.3 Å². The molecule has 1 saturated heterocycles. The van der Waals surface area contributed by atoms with Crippen LogP contribution in [-0.4, -0.2) is 24.0 Å². The molecule has 0 unspecified atom stereocenters. The molecule has 0 aromatic carbocycles. The van der Waals surface area contributed by atoms with Crippen LogP contribution < -0.4 is 4.90 Å². The molecule has 1 aromatic rings. The zero-order chi connectivity index (χ0) is 9.47. The van der Waals surface area contributed by atoms with Crippen LogP contribution in [0.2, 0.25) is 0 Å². The molecule has 6 heteroatoms. The molecular weight excluding hydrogens is 262 g/mol. The molecule has 1 aliphatic rings. The largest absolute Gasteiger partial charge is 0.342 e. The van der Waals surface area contributed by atoms with Crippen LogP contribution >= 0.6 is 27.3 Å². The lowest BCUT2D eigenvalue weighted by molar-refractivity contribution is 0.0257. The number of hydrogen-bond donors (Lipinski definition) is 0. The van der Waals surface area contributed by atoms with Gasteiger partial charge >= 0.3 is 0 Å². The molecule has 0 amide bonds. The van der Waals surface area contributed by atoms with Gasteiger partial charge < -0.3 is 4.90 Å². The van der Waals surface area contributed by atoms with Crippen molar-refractivity contribution in [3.05, 3.63) is 9.98 Å². The summed E-state index contributed by atoms with van der Waals surface area (Å²) in [5.74, 6) is -2.54. The fraction of sp³-hybridized carbons (Fsp3) is 0.571. The highest BCUT2D eigenvalue weighted by molar-refractivity contribution is 9.10. The van der Waals surface area contributed by atoms with Gasteiger partial charge in [-0.1, -0.05) is 0 Å². The molecule has 0 saturated carbocycles. The summed E-state index contributed by atoms with van der Waals surface area (Å²) in [6.45, 7) is 0.194. The van der Waals surface area contributed by atoms with Gasteiger partial charge in [-0.25, -0.2) is 13.8 Å². The van der Waals surface area contributed by atoms with Crippen molar-refractivity contribution in [1.29, 1.82) is 0 Å². The zero-order valence-corrected chi connectivity index (χ0v) is 9.04. The predicted molar refractivity (Wildman–Crippen MR) is 51.6 cm³/mol. The fourth-order valence-corrected chi connectivity index (χ4v) is 2.57. The van der Waals surface area contributed by atoms with Crippen LogP contribution in [-0.2, 0) is 0 Å². The van der Waals surface area contributed by atoms with E-state index in [1.54, 1.807) is 10.3 Å². The molecule has 1 aromatic heterocycles. The van der Waals surface area contributed by atoms with Crippen molar-refractivity contribution in [2.24, 2.45) is 0 Å². The molecule has 13 heavy (non-hydrogen) atoms. The van der Waals surface area contributed by atoms with E-state index < -0.39 is 5.92 Å². The Balaban J connectivity index is 2.12. The molecule has 2 nitrogen and oxygen atoms in total. The third-order valence-electron chi connectivity index (χ3n) is 1.90. The average molecular weight is 269 g/mol. The second-order valence-electron chi connectivity index (χ2n) is 2.98. The number of nitrogens with zero attached hydrogens (tertiary/aromatic N) is 2. The van der Waals surface area contributed by atoms with E-state index in [1.807, 2.05) is 0 Å². The van der Waals surface area contributed by atoms with Crippen molar-refractivity contribution in [3.63, 3.8) is 0 Å². The Morgan fingerprint density at radius 3 is 2.85 bits per heavy atom. The van der Waals surface area contributed by atoms with Crippen LogP contribution in [0.4, 0.5) is 13.9 Å². The van der Waals surface area contributed by atoms with Crippen LogP contribution in [0.5, 0.6) is 0 Å². The molecule has 0 bridgehead atoms. The maximum Gasteiger partial charge on any atom is 0.267 e. The van der Waals surface area contributed by atoms with Crippen LogP contribution in [0.1, 0.15) is 6.42 Å². The van der Waals surface area contributed by atoms with Gasteiger partial charge in [0.25, 0.3) is 5.92 Å². The number of hydrogen-bond acceptors (Lipinski definition) is 3. The normalized spacial score (nSPS) is 21.0. The van der Waals surface area contributed by atoms with E-state index in [1.165, 1.54) is 11.3 Å². The first kappa shape index (κ1) is 9.33. The summed E-state index contributed by atoms with van der Waals surface area (Å²) in [7, 11) is 0. The van der Waals surface area contributed by atoms with Crippen molar-refractivity contribution < 1.29 is 8.78 Å². The third kappa shape index (κ3) is 1.99. The number of anilines is 1. The number of alkyl halides is 2. The van der Waals surface area contributed by atoms with Crippen molar-refractivity contribution in [2.75, 3.05) is 18.0 Å². The maximum atomic E-state index is 12.8. The summed E-state index contributed by atoms with van der Waals surface area (Å²) in [5, 5.41) is 2.47. The van der Waals surface area contributed by atoms with Gasteiger partial charge in [-0.2, -0.15) is 0 Å². The van der Waals surface area contributed by atoms with Crippen molar-refractivity contribution in [1.82, 2.24) is 4.98 Å². The lowest BCUT2D eigenvalue weighted by Gasteiger charge is -2.13. The van der Waals surface area contributed by atoms with Gasteiger partial charge in [0.15, 0.2) is 5.13 Å². The summed E-state index contributed by atoms with van der Waals surface area (Å²) in [6, 6.07) is 0. The van der Waals surface area contributed by atoms with Gasteiger partial charge in [-0.3, -0.25) is 0 Å². The van der Waals surface area contributed by atoms with Crippen LogP contribution in [0.3, 0.4) is 0 Å². The highest BCUT2D eigenvalue weighted by Gasteiger charge is 2.39. The number of thiazole rings is 1. The Labute approximate surface area is 86.7 Å². The Kier molecular flexibility index (Phi) is 2.27. The smallest absolute Gasteiger partial charge is 0.267 e. The molecule has 0 atom stereocenters. The highest BCUT2D eigenvalue weighted by Crippen LogP contribution is 2.33. The van der Waals surface area contributed by atoms with E-state index in [4.69, 9.17) is 0 Å². The first-order valence-electron chi connectivity index (χ1n) is 3.81. The number of halogens is 3. The van der Waals surface area contributed by atoms with Gasteiger partial charge in [0.2, 0.25) is 0 Å². The first-order valence-corrected chi connectivity index (χ1v) is 5.48. The zero-order valence-electron chi connectivity index (χ0n) is 6.64. The lowest BCUT2D eigenvalue weighted by atomic mass is 10.3. The standard InChI is InChI=1S/C7H7BrF2N2S/c8-5-3-13-6(11-5)12-2-1-7(9,10)4-12/h3H,1-2,4H2. The molecule has 0 N–H and O–H groups in total. The summed E-state index contributed by atoms with van der Waals surface area (Å²) in [6.07, 6.45) is -0.0653. The van der Waals surface area contributed by atoms with E-state index >= 15 is 0 Å². The molecule has 72 valence electrons. The quantitative estimate of drug-likeness (QED) is 0.779. The second kappa shape index (κ2) is 3.16. The monoisotopic (exact) mass is 268 g/mol. The molecule has 1 aliphatic heterocycles. The molecule has 0 aliphatic carbocycles. The van der Waals surface area contributed by atoms with E-state index in [2.05, 4.69) is 20.9 Å². The highest BCUT2D eigenvalue weighted by atomic mass is 79.9. The Hall–Kier alpha value is -0.230. The van der Waals surface area contributed by atoms with Crippen molar-refractivity contribution in [3.8, 4) is 0 Å². The van der Waals surface area contributed by atoms with Crippen molar-refractivity contribution >= 4 is 32.4 Å². The summed E-state index contributed by atoms with van der Waals surface area (Å²) in [4.78, 5) is 5.71. The van der Waals surface area contributed by atoms with Crippen LogP contribution in [0.15, 0.2) is 9.98 Å². The van der Waals surface area contributed by atoms with Gasteiger partial charge in [0, 0.05) is 18.3 Å². The minimum atomic E-state index is -2.54. The first-order chi connectivity index (χ1) is 6.07. The summed E-state index contributed by atoms with van der Waals surface area (Å²) >= 11 is 4.58. The number of rotatable bonds is 1. The minimum Gasteiger partial charge on any atom is -0.342 e. The van der Waals surface area contributed by atoms with E-state index in [-0.39, 0.29) is 13.0 Å². The molecule has 1 fully saturated rings. The summed E-state index contributed by atoms with van der Waals surface area (Å²) in [5.41, 5.74) is 0. The summed E-state index contributed by atoms with van der Waals surface area (Å²) < 4.78 is 26.3. The van der Waals surface area contributed by atoms with E-state index in [0.717, 1.165) is 0 Å². The Morgan fingerprint density at radius 1 is 1.62 bits per heavy atom. The van der Waals surface area contributed by atoms with E-state index in [0.29, 0.717) is 16.3 Å². The fourth-order valence-electron chi connectivity index (χ4n) is 1.29. The lowest BCUT2D eigenvalue weighted by Crippen LogP contribution is -2.24. The SMILES string of the molecule is FC1(F)CCN(c2nc(Br)cs2)C1. The van der Waals surface area contributed by atoms with Crippen LogP contribution in [0, 0.1) is 0 Å². The molecule has 2 heterocycles. The Bertz CT molecular complexity index is 315. The molecule has 0 spiro atoms. The van der Waals surface area contributed by atoms with Crippen molar-refractivity contribution in [2.45, 2.75) is 12.3 Å². The molecular formula is C7H7BrF2N2S. The second-order valence-corrected chi connectivity index (χ2v) is 4.63. The number of aromatic nitrogens is 1. The molecule has 2 rings (SSSR count).